The summed E-state index contributed by atoms with van der Waals surface area (Å²) in [7, 11) is 0. The zero-order valence-corrected chi connectivity index (χ0v) is 5.81. The van der Waals surface area contributed by atoms with E-state index in [1.807, 2.05) is 0 Å². The van der Waals surface area contributed by atoms with E-state index in [-0.39, 0.29) is 6.61 Å². The van der Waals surface area contributed by atoms with Crippen molar-refractivity contribution in [2.75, 3.05) is 6.61 Å². The van der Waals surface area contributed by atoms with Crippen LogP contribution in [0.25, 0.3) is 0 Å². The van der Waals surface area contributed by atoms with Gasteiger partial charge in [0.15, 0.2) is 6.61 Å². The average molecular weight is 147 g/mol. The number of halogens is 1. The molecule has 0 fully saturated rings. The van der Waals surface area contributed by atoms with Crippen LogP contribution in [-0.2, 0) is 9.53 Å². The molecule has 0 N–H and O–H groups in total. The highest BCUT2D eigenvalue weighted by molar-refractivity contribution is 6.29. The van der Waals surface area contributed by atoms with Crippen LogP contribution in [0.3, 0.4) is 0 Å². The van der Waals surface area contributed by atoms with Gasteiger partial charge in [0.1, 0.15) is 5.38 Å². The lowest BCUT2D eigenvalue weighted by Gasteiger charge is -1.99. The lowest BCUT2D eigenvalue weighted by Crippen LogP contribution is -2.14. The normalized spacial score (nSPS) is 11.7. The van der Waals surface area contributed by atoms with Gasteiger partial charge in [0.2, 0.25) is 0 Å². The highest BCUT2D eigenvalue weighted by Crippen LogP contribution is 1.95. The van der Waals surface area contributed by atoms with Gasteiger partial charge >= 0.3 is 5.97 Å². The Balaban J connectivity index is 3.42. The molecule has 0 aliphatic rings. The van der Waals surface area contributed by atoms with Gasteiger partial charge in [0, 0.05) is 0 Å². The van der Waals surface area contributed by atoms with Crippen molar-refractivity contribution in [3.8, 4) is 12.3 Å². The molecule has 50 valence electrons. The summed E-state index contributed by atoms with van der Waals surface area (Å²) >= 11 is 5.32. The first-order valence-corrected chi connectivity index (χ1v) is 2.86. The summed E-state index contributed by atoms with van der Waals surface area (Å²) in [4.78, 5) is 10.5. The minimum absolute atomic E-state index is 0.00407. The number of terminal acetylenes is 1. The van der Waals surface area contributed by atoms with E-state index >= 15 is 0 Å². The van der Waals surface area contributed by atoms with Crippen LogP contribution < -0.4 is 0 Å². The van der Waals surface area contributed by atoms with Crippen LogP contribution in [0.1, 0.15) is 6.92 Å². The van der Waals surface area contributed by atoms with Crippen LogP contribution in [0.4, 0.5) is 0 Å². The lowest BCUT2D eigenvalue weighted by molar-refractivity contribution is -0.141. The van der Waals surface area contributed by atoms with Gasteiger partial charge in [0.25, 0.3) is 0 Å². The van der Waals surface area contributed by atoms with Crippen LogP contribution in [0, 0.1) is 12.3 Å². The Bertz CT molecular complexity index is 134. The first-order valence-electron chi connectivity index (χ1n) is 2.42. The molecular formula is C6H7ClO2. The molecule has 9 heavy (non-hydrogen) atoms. The molecular weight excluding hydrogens is 140 g/mol. The van der Waals surface area contributed by atoms with Crippen molar-refractivity contribution < 1.29 is 9.53 Å². The summed E-state index contributed by atoms with van der Waals surface area (Å²) in [5, 5.41) is -0.613. The minimum atomic E-state index is -0.613. The zero-order chi connectivity index (χ0) is 7.28. The van der Waals surface area contributed by atoms with Crippen molar-refractivity contribution >= 4 is 17.6 Å². The van der Waals surface area contributed by atoms with Crippen LogP contribution in [0.2, 0.25) is 0 Å². The molecule has 0 radical (unpaired) electrons. The second-order valence-electron chi connectivity index (χ2n) is 1.43. The van der Waals surface area contributed by atoms with Crippen molar-refractivity contribution in [1.82, 2.24) is 0 Å². The van der Waals surface area contributed by atoms with E-state index in [4.69, 9.17) is 18.0 Å². The number of hydrogen-bond donors (Lipinski definition) is 0. The van der Waals surface area contributed by atoms with E-state index in [2.05, 4.69) is 10.7 Å². The Hall–Kier alpha value is -0.680. The minimum Gasteiger partial charge on any atom is -0.451 e. The topological polar surface area (TPSA) is 26.3 Å². The van der Waals surface area contributed by atoms with Crippen molar-refractivity contribution in [2.24, 2.45) is 0 Å². The Morgan fingerprint density at radius 3 is 2.89 bits per heavy atom. The van der Waals surface area contributed by atoms with Crippen molar-refractivity contribution in [3.63, 3.8) is 0 Å². The van der Waals surface area contributed by atoms with Gasteiger partial charge in [-0.3, -0.25) is 4.79 Å². The summed E-state index contributed by atoms with van der Waals surface area (Å²) in [6.45, 7) is 1.52. The largest absolute Gasteiger partial charge is 0.451 e. The lowest BCUT2D eigenvalue weighted by atomic mass is 10.5. The molecule has 0 aliphatic heterocycles. The fourth-order valence-corrected chi connectivity index (χ4v) is 0.291. The fourth-order valence-electron chi connectivity index (χ4n) is 0.228. The van der Waals surface area contributed by atoms with Gasteiger partial charge in [0.05, 0.1) is 0 Å². The molecule has 0 saturated carbocycles. The standard InChI is InChI=1S/C6H7ClO2/c1-3-4-9-6(8)5(2)7/h1,5H,4H2,2H3/t5-/m1/s1. The molecule has 0 aromatic heterocycles. The number of carbonyl (C=O) groups is 1. The molecule has 0 bridgehead atoms. The third-order valence-electron chi connectivity index (χ3n) is 0.623. The Morgan fingerprint density at radius 1 is 2.00 bits per heavy atom. The number of rotatable bonds is 2. The number of esters is 1. The van der Waals surface area contributed by atoms with E-state index in [9.17, 15) is 4.79 Å². The van der Waals surface area contributed by atoms with Crippen molar-refractivity contribution in [3.05, 3.63) is 0 Å². The predicted molar refractivity (Wildman–Crippen MR) is 35.1 cm³/mol. The molecule has 1 atom stereocenters. The molecule has 2 nitrogen and oxygen atoms in total. The van der Waals surface area contributed by atoms with Gasteiger partial charge in [-0.2, -0.15) is 0 Å². The molecule has 3 heteroatoms. The number of alkyl halides is 1. The molecule has 0 spiro atoms. The van der Waals surface area contributed by atoms with Crippen LogP contribution in [-0.4, -0.2) is 18.0 Å². The third-order valence-corrected chi connectivity index (χ3v) is 0.801. The van der Waals surface area contributed by atoms with Gasteiger partial charge in [-0.1, -0.05) is 5.92 Å². The number of carbonyl (C=O) groups excluding carboxylic acids is 1. The Morgan fingerprint density at radius 2 is 2.56 bits per heavy atom. The zero-order valence-electron chi connectivity index (χ0n) is 5.06. The summed E-state index contributed by atoms with van der Waals surface area (Å²) < 4.78 is 4.45. The fraction of sp³-hybridized carbons (Fsp3) is 0.500. The SMILES string of the molecule is C#CCOC(=O)[C@@H](C)Cl. The predicted octanol–water partition coefficient (Wildman–Crippen LogP) is 0.790. The Kier molecular flexibility index (Phi) is 3.90. The highest BCUT2D eigenvalue weighted by Gasteiger charge is 2.08. The van der Waals surface area contributed by atoms with Gasteiger partial charge in [-0.05, 0) is 6.92 Å². The van der Waals surface area contributed by atoms with Crippen molar-refractivity contribution in [1.29, 1.82) is 0 Å². The second kappa shape index (κ2) is 4.22. The molecule has 0 aromatic rings. The molecule has 0 amide bonds. The first kappa shape index (κ1) is 8.32. The van der Waals surface area contributed by atoms with E-state index in [1.165, 1.54) is 6.92 Å². The maximum atomic E-state index is 10.5. The van der Waals surface area contributed by atoms with Gasteiger partial charge in [-0.15, -0.1) is 18.0 Å². The van der Waals surface area contributed by atoms with Gasteiger partial charge in [-0.25, -0.2) is 0 Å². The summed E-state index contributed by atoms with van der Waals surface area (Å²) in [5.41, 5.74) is 0. The smallest absolute Gasteiger partial charge is 0.324 e. The molecule has 0 rings (SSSR count). The summed E-state index contributed by atoms with van der Waals surface area (Å²) in [6.07, 6.45) is 4.81. The number of ether oxygens (including phenoxy) is 1. The molecule has 0 aliphatic carbocycles. The molecule has 0 unspecified atom stereocenters. The maximum absolute atomic E-state index is 10.5. The summed E-state index contributed by atoms with van der Waals surface area (Å²) in [5.74, 6) is 1.67. The molecule has 0 saturated heterocycles. The monoisotopic (exact) mass is 146 g/mol. The second-order valence-corrected chi connectivity index (χ2v) is 2.08. The highest BCUT2D eigenvalue weighted by atomic mass is 35.5. The van der Waals surface area contributed by atoms with E-state index in [1.54, 1.807) is 0 Å². The molecule has 0 aromatic carbocycles. The quantitative estimate of drug-likeness (QED) is 0.327. The molecule has 0 heterocycles. The van der Waals surface area contributed by atoms with Crippen LogP contribution in [0.5, 0.6) is 0 Å². The van der Waals surface area contributed by atoms with E-state index in [0.717, 1.165) is 0 Å². The Labute approximate surface area is 59.1 Å². The van der Waals surface area contributed by atoms with Crippen molar-refractivity contribution in [2.45, 2.75) is 12.3 Å². The number of hydrogen-bond acceptors (Lipinski definition) is 2. The average Bonchev–Trinajstić information content (AvgIpc) is 1.82. The third kappa shape index (κ3) is 3.87. The van der Waals surface area contributed by atoms with E-state index in [0.29, 0.717) is 0 Å². The van der Waals surface area contributed by atoms with E-state index < -0.39 is 11.3 Å². The summed E-state index contributed by atoms with van der Waals surface area (Å²) in [6, 6.07) is 0. The van der Waals surface area contributed by atoms with Crippen LogP contribution >= 0.6 is 11.6 Å². The van der Waals surface area contributed by atoms with Gasteiger partial charge < -0.3 is 4.74 Å². The first-order chi connectivity index (χ1) is 4.18. The maximum Gasteiger partial charge on any atom is 0.324 e. The van der Waals surface area contributed by atoms with Crippen LogP contribution in [0.15, 0.2) is 0 Å².